The SMILES string of the molecule is CCC1(C)CCN(Cc2cccc(B(O)O)c2)CC1. The van der Waals surface area contributed by atoms with Gasteiger partial charge in [0.2, 0.25) is 0 Å². The second-order valence-corrected chi connectivity index (χ2v) is 6.06. The molecule has 0 atom stereocenters. The van der Waals surface area contributed by atoms with Crippen LogP contribution in [-0.4, -0.2) is 35.2 Å². The van der Waals surface area contributed by atoms with E-state index in [1.807, 2.05) is 12.1 Å². The zero-order valence-electron chi connectivity index (χ0n) is 12.0. The molecule has 1 aromatic rings. The van der Waals surface area contributed by atoms with Crippen molar-refractivity contribution in [2.75, 3.05) is 13.1 Å². The van der Waals surface area contributed by atoms with E-state index >= 15 is 0 Å². The van der Waals surface area contributed by atoms with Crippen molar-refractivity contribution >= 4 is 12.6 Å². The van der Waals surface area contributed by atoms with Crippen molar-refractivity contribution in [3.8, 4) is 0 Å². The van der Waals surface area contributed by atoms with Gasteiger partial charge in [-0.2, -0.15) is 0 Å². The van der Waals surface area contributed by atoms with E-state index < -0.39 is 7.12 Å². The van der Waals surface area contributed by atoms with Gasteiger partial charge in [0.05, 0.1) is 0 Å². The second-order valence-electron chi connectivity index (χ2n) is 6.06. The van der Waals surface area contributed by atoms with Crippen LogP contribution in [0.4, 0.5) is 0 Å². The van der Waals surface area contributed by atoms with E-state index in [4.69, 9.17) is 0 Å². The molecular weight excluding hydrogens is 237 g/mol. The maximum Gasteiger partial charge on any atom is 0.488 e. The van der Waals surface area contributed by atoms with E-state index in [2.05, 4.69) is 24.8 Å². The molecule has 0 saturated carbocycles. The molecule has 0 aromatic heterocycles. The lowest BCUT2D eigenvalue weighted by Crippen LogP contribution is -2.38. The Kier molecular flexibility index (Phi) is 4.66. The summed E-state index contributed by atoms with van der Waals surface area (Å²) in [7, 11) is -1.37. The van der Waals surface area contributed by atoms with Crippen LogP contribution in [0.5, 0.6) is 0 Å². The first-order valence-corrected chi connectivity index (χ1v) is 7.20. The Balaban J connectivity index is 1.94. The Morgan fingerprint density at radius 2 is 1.95 bits per heavy atom. The lowest BCUT2D eigenvalue weighted by molar-refractivity contribution is 0.109. The summed E-state index contributed by atoms with van der Waals surface area (Å²) in [5.41, 5.74) is 2.25. The van der Waals surface area contributed by atoms with Gasteiger partial charge in [-0.3, -0.25) is 4.90 Å². The van der Waals surface area contributed by atoms with Gasteiger partial charge < -0.3 is 10.0 Å². The molecule has 1 aliphatic heterocycles. The van der Waals surface area contributed by atoms with E-state index in [-0.39, 0.29) is 0 Å². The number of piperidine rings is 1. The first kappa shape index (κ1) is 14.6. The van der Waals surface area contributed by atoms with Crippen molar-refractivity contribution in [3.63, 3.8) is 0 Å². The second kappa shape index (κ2) is 6.08. The molecule has 0 spiro atoms. The zero-order valence-corrected chi connectivity index (χ0v) is 12.0. The average molecular weight is 261 g/mol. The molecule has 0 aliphatic carbocycles. The molecule has 1 heterocycles. The minimum atomic E-state index is -1.37. The first-order chi connectivity index (χ1) is 9.02. The fourth-order valence-electron chi connectivity index (χ4n) is 2.71. The largest absolute Gasteiger partial charge is 0.488 e. The van der Waals surface area contributed by atoms with Gasteiger partial charge in [-0.25, -0.2) is 0 Å². The summed E-state index contributed by atoms with van der Waals surface area (Å²) in [5, 5.41) is 18.4. The highest BCUT2D eigenvalue weighted by atomic mass is 16.4. The number of likely N-dealkylation sites (tertiary alicyclic amines) is 1. The first-order valence-electron chi connectivity index (χ1n) is 7.20. The Bertz CT molecular complexity index is 414. The summed E-state index contributed by atoms with van der Waals surface area (Å²) < 4.78 is 0. The van der Waals surface area contributed by atoms with Crippen molar-refractivity contribution in [2.45, 2.75) is 39.7 Å². The molecule has 2 rings (SSSR count). The van der Waals surface area contributed by atoms with Crippen molar-refractivity contribution in [3.05, 3.63) is 29.8 Å². The van der Waals surface area contributed by atoms with Gasteiger partial charge in [0, 0.05) is 6.54 Å². The van der Waals surface area contributed by atoms with Gasteiger partial charge in [-0.05, 0) is 42.4 Å². The van der Waals surface area contributed by atoms with Crippen LogP contribution in [0.1, 0.15) is 38.7 Å². The van der Waals surface area contributed by atoms with Crippen LogP contribution >= 0.6 is 0 Å². The molecule has 0 bridgehead atoms. The van der Waals surface area contributed by atoms with Crippen molar-refractivity contribution in [1.29, 1.82) is 0 Å². The molecule has 2 N–H and O–H groups in total. The number of benzene rings is 1. The van der Waals surface area contributed by atoms with Crippen LogP contribution in [0, 0.1) is 5.41 Å². The molecule has 3 nitrogen and oxygen atoms in total. The number of hydrogen-bond acceptors (Lipinski definition) is 3. The summed E-state index contributed by atoms with van der Waals surface area (Å²) in [6.45, 7) is 7.84. The van der Waals surface area contributed by atoms with Gasteiger partial charge in [0.1, 0.15) is 0 Å². The molecular formula is C15H24BNO2. The van der Waals surface area contributed by atoms with Gasteiger partial charge in [0.15, 0.2) is 0 Å². The summed E-state index contributed by atoms with van der Waals surface area (Å²) in [4.78, 5) is 2.46. The predicted molar refractivity (Wildman–Crippen MR) is 79.2 cm³/mol. The van der Waals surface area contributed by atoms with Crippen LogP contribution in [0.2, 0.25) is 0 Å². The summed E-state index contributed by atoms with van der Waals surface area (Å²) in [5.74, 6) is 0. The van der Waals surface area contributed by atoms with Crippen LogP contribution < -0.4 is 5.46 Å². The van der Waals surface area contributed by atoms with Gasteiger partial charge in [0.25, 0.3) is 0 Å². The third kappa shape index (κ3) is 3.82. The molecule has 0 amide bonds. The monoisotopic (exact) mass is 261 g/mol. The molecule has 1 aliphatic rings. The van der Waals surface area contributed by atoms with E-state index in [0.29, 0.717) is 10.9 Å². The minimum absolute atomic E-state index is 0.514. The molecule has 1 fully saturated rings. The Hall–Kier alpha value is -0.835. The van der Waals surface area contributed by atoms with Crippen molar-refractivity contribution < 1.29 is 10.0 Å². The minimum Gasteiger partial charge on any atom is -0.423 e. The number of rotatable bonds is 4. The third-order valence-electron chi connectivity index (χ3n) is 4.57. The Morgan fingerprint density at radius 1 is 1.26 bits per heavy atom. The van der Waals surface area contributed by atoms with Gasteiger partial charge in [-0.1, -0.05) is 44.5 Å². The van der Waals surface area contributed by atoms with E-state index in [0.717, 1.165) is 25.2 Å². The smallest absolute Gasteiger partial charge is 0.423 e. The predicted octanol–water partition coefficient (Wildman–Crippen LogP) is 1.38. The summed E-state index contributed by atoms with van der Waals surface area (Å²) in [6, 6.07) is 7.58. The highest BCUT2D eigenvalue weighted by Gasteiger charge is 2.28. The maximum atomic E-state index is 9.20. The fraction of sp³-hybridized carbons (Fsp3) is 0.600. The number of nitrogens with zero attached hydrogens (tertiary/aromatic N) is 1. The zero-order chi connectivity index (χ0) is 13.9. The highest BCUT2D eigenvalue weighted by Crippen LogP contribution is 2.34. The van der Waals surface area contributed by atoms with E-state index in [1.165, 1.54) is 19.3 Å². The van der Waals surface area contributed by atoms with Crippen LogP contribution in [0.15, 0.2) is 24.3 Å². The highest BCUT2D eigenvalue weighted by molar-refractivity contribution is 6.58. The molecule has 0 radical (unpaired) electrons. The van der Waals surface area contributed by atoms with Gasteiger partial charge in [-0.15, -0.1) is 0 Å². The Morgan fingerprint density at radius 3 is 2.53 bits per heavy atom. The lowest BCUT2D eigenvalue weighted by Gasteiger charge is -2.39. The van der Waals surface area contributed by atoms with Gasteiger partial charge >= 0.3 is 7.12 Å². The molecule has 0 unspecified atom stereocenters. The van der Waals surface area contributed by atoms with Crippen LogP contribution in [0.3, 0.4) is 0 Å². The third-order valence-corrected chi connectivity index (χ3v) is 4.57. The maximum absolute atomic E-state index is 9.20. The summed E-state index contributed by atoms with van der Waals surface area (Å²) >= 11 is 0. The normalized spacial score (nSPS) is 19.4. The molecule has 104 valence electrons. The fourth-order valence-corrected chi connectivity index (χ4v) is 2.71. The topological polar surface area (TPSA) is 43.7 Å². The number of hydrogen-bond donors (Lipinski definition) is 2. The standard InChI is InChI=1S/C15H24BNO2/c1-3-15(2)7-9-17(10-8-15)12-13-5-4-6-14(11-13)16(18)19/h4-6,11,18-19H,3,7-10,12H2,1-2H3. The molecule has 1 saturated heterocycles. The van der Waals surface area contributed by atoms with Crippen LogP contribution in [0.25, 0.3) is 0 Å². The quantitative estimate of drug-likeness (QED) is 0.805. The summed E-state index contributed by atoms with van der Waals surface area (Å²) in [6.07, 6.45) is 3.77. The van der Waals surface area contributed by atoms with E-state index in [9.17, 15) is 10.0 Å². The average Bonchev–Trinajstić information content (AvgIpc) is 2.42. The Labute approximate surface area is 116 Å². The van der Waals surface area contributed by atoms with Crippen molar-refractivity contribution in [1.82, 2.24) is 4.90 Å². The molecule has 1 aromatic carbocycles. The lowest BCUT2D eigenvalue weighted by atomic mass is 9.78. The van der Waals surface area contributed by atoms with Crippen LogP contribution in [-0.2, 0) is 6.54 Å². The molecule has 4 heteroatoms. The molecule has 19 heavy (non-hydrogen) atoms. The van der Waals surface area contributed by atoms with E-state index in [1.54, 1.807) is 6.07 Å². The van der Waals surface area contributed by atoms with Crippen molar-refractivity contribution in [2.24, 2.45) is 5.41 Å².